The number of carbonyl (C=O) groups is 2. The highest BCUT2D eigenvalue weighted by Gasteiger charge is 2.52. The van der Waals surface area contributed by atoms with Crippen LogP contribution >= 0.6 is 22.6 Å². The van der Waals surface area contributed by atoms with Gasteiger partial charge in [-0.25, -0.2) is 4.79 Å². The highest BCUT2D eigenvalue weighted by Crippen LogP contribution is 2.43. The molecule has 0 fully saturated rings. The molecule has 2 rings (SSSR count). The molecule has 0 bridgehead atoms. The van der Waals surface area contributed by atoms with Gasteiger partial charge in [0, 0.05) is 12.0 Å². The van der Waals surface area contributed by atoms with Crippen molar-refractivity contribution in [3.05, 3.63) is 94.6 Å². The summed E-state index contributed by atoms with van der Waals surface area (Å²) in [5, 5.41) is 1.81. The molecule has 396 valence electrons. The maximum absolute atomic E-state index is 15.8. The second kappa shape index (κ2) is 27.7. The molecule has 2 aromatic rings. The van der Waals surface area contributed by atoms with E-state index in [1.54, 1.807) is 0 Å². The van der Waals surface area contributed by atoms with Crippen molar-refractivity contribution < 1.29 is 32.0 Å². The van der Waals surface area contributed by atoms with Gasteiger partial charge in [-0.1, -0.05) is 198 Å². The number of allylic oxidation sites excluding steroid dienone is 3. The lowest BCUT2D eigenvalue weighted by Gasteiger charge is -2.46. The molecule has 0 radical (unpaired) electrons. The quantitative estimate of drug-likeness (QED) is 0.0200. The minimum absolute atomic E-state index is 0.0351. The van der Waals surface area contributed by atoms with Gasteiger partial charge in [0.25, 0.3) is 8.32 Å². The Bertz CT molecular complexity index is 1930. The SMILES string of the molecule is C=CCC/C=C(\C)C(=O)O[C@@H](CO[Si](c1ccccc1)(c1ccccc1)C(C)(C)C)C[C@@H](C)[C@H](O[Si](C)(C)C(C)(C)C)[C@@H](O[Si](CC)(CC)CC)C(=O)C[C@H](C[C@H](C)/C(C)=C/I)O[Si](C)(C)C(C)(C)C. The molecular formula is C58H99IO7Si4. The number of unbranched alkanes of at least 4 members (excludes halogenated alkanes) is 1. The van der Waals surface area contributed by atoms with E-state index in [4.69, 9.17) is 22.4 Å². The van der Waals surface area contributed by atoms with E-state index in [-0.39, 0.29) is 57.8 Å². The highest BCUT2D eigenvalue weighted by molar-refractivity contribution is 14.1. The summed E-state index contributed by atoms with van der Waals surface area (Å²) in [5.41, 5.74) is 1.83. The summed E-state index contributed by atoms with van der Waals surface area (Å²) >= 11 is 2.33. The number of ketones is 1. The second-order valence-electron chi connectivity index (χ2n) is 24.3. The maximum Gasteiger partial charge on any atom is 0.333 e. The van der Waals surface area contributed by atoms with Crippen LogP contribution in [0, 0.1) is 11.8 Å². The van der Waals surface area contributed by atoms with Gasteiger partial charge >= 0.3 is 5.97 Å². The van der Waals surface area contributed by atoms with Crippen LogP contribution in [0.4, 0.5) is 0 Å². The summed E-state index contributed by atoms with van der Waals surface area (Å²) in [4.78, 5) is 30.1. The number of rotatable bonds is 29. The van der Waals surface area contributed by atoms with Gasteiger partial charge < -0.3 is 22.4 Å². The first-order chi connectivity index (χ1) is 32.3. The van der Waals surface area contributed by atoms with Crippen LogP contribution in [-0.2, 0) is 32.0 Å². The Morgan fingerprint density at radius 2 is 1.17 bits per heavy atom. The van der Waals surface area contributed by atoms with Gasteiger partial charge in [-0.3, -0.25) is 4.79 Å². The molecule has 0 N–H and O–H groups in total. The summed E-state index contributed by atoms with van der Waals surface area (Å²) < 4.78 is 38.8. The zero-order valence-electron chi connectivity index (χ0n) is 47.8. The maximum atomic E-state index is 15.8. The summed E-state index contributed by atoms with van der Waals surface area (Å²) in [7, 11) is -10.4. The molecule has 0 aromatic heterocycles. The van der Waals surface area contributed by atoms with Gasteiger partial charge in [0.15, 0.2) is 30.7 Å². The van der Waals surface area contributed by atoms with Gasteiger partial charge in [0.2, 0.25) is 0 Å². The molecule has 12 heteroatoms. The molecular weight excluding hydrogens is 1050 g/mol. The molecule has 0 unspecified atom stereocenters. The molecule has 7 nitrogen and oxygen atoms in total. The van der Waals surface area contributed by atoms with Crippen molar-refractivity contribution in [3.63, 3.8) is 0 Å². The average molecular weight is 1150 g/mol. The van der Waals surface area contributed by atoms with Gasteiger partial charge in [0.1, 0.15) is 12.2 Å². The van der Waals surface area contributed by atoms with Crippen LogP contribution in [0.1, 0.15) is 143 Å². The van der Waals surface area contributed by atoms with Crippen LogP contribution in [0.3, 0.4) is 0 Å². The van der Waals surface area contributed by atoms with E-state index in [1.807, 2.05) is 31.2 Å². The Kier molecular flexibility index (Phi) is 25.4. The van der Waals surface area contributed by atoms with E-state index >= 15 is 4.79 Å². The van der Waals surface area contributed by atoms with Crippen LogP contribution in [0.2, 0.25) is 59.4 Å². The summed E-state index contributed by atoms with van der Waals surface area (Å²) in [6.07, 6.45) is 4.18. The van der Waals surface area contributed by atoms with Crippen LogP contribution in [0.25, 0.3) is 0 Å². The Hall–Kier alpha value is -1.76. The van der Waals surface area contributed by atoms with Crippen molar-refractivity contribution in [2.24, 2.45) is 11.8 Å². The predicted octanol–water partition coefficient (Wildman–Crippen LogP) is 15.9. The van der Waals surface area contributed by atoms with Crippen molar-refractivity contribution in [3.8, 4) is 0 Å². The lowest BCUT2D eigenvalue weighted by atomic mass is 9.89. The fraction of sp³-hybridized carbons (Fsp3) is 0.655. The van der Waals surface area contributed by atoms with E-state index in [0.717, 1.165) is 41.3 Å². The molecule has 0 aliphatic carbocycles. The first-order valence-corrected chi connectivity index (χ1v) is 37.9. The first-order valence-electron chi connectivity index (χ1n) is 26.4. The van der Waals surface area contributed by atoms with E-state index < -0.39 is 51.6 Å². The zero-order chi connectivity index (χ0) is 53.5. The molecule has 70 heavy (non-hydrogen) atoms. The molecule has 0 saturated carbocycles. The van der Waals surface area contributed by atoms with E-state index in [1.165, 1.54) is 5.57 Å². The van der Waals surface area contributed by atoms with Crippen molar-refractivity contribution in [2.75, 3.05) is 6.61 Å². The van der Waals surface area contributed by atoms with E-state index in [9.17, 15) is 4.79 Å². The zero-order valence-corrected chi connectivity index (χ0v) is 53.9. The first kappa shape index (κ1) is 64.4. The number of benzene rings is 2. The normalized spacial score (nSPS) is 16.5. The van der Waals surface area contributed by atoms with Crippen LogP contribution in [0.15, 0.2) is 94.6 Å². The van der Waals surface area contributed by atoms with Gasteiger partial charge in [-0.15, -0.1) is 6.58 Å². The largest absolute Gasteiger partial charge is 0.457 e. The molecule has 0 aliphatic rings. The predicted molar refractivity (Wildman–Crippen MR) is 318 cm³/mol. The third-order valence-corrected chi connectivity index (χ3v) is 35.6. The summed E-state index contributed by atoms with van der Waals surface area (Å²) in [6, 6.07) is 23.8. The van der Waals surface area contributed by atoms with Crippen molar-refractivity contribution >= 4 is 78.0 Å². The molecule has 2 aromatic carbocycles. The second-order valence-corrected chi connectivity index (χ2v) is 43.4. The fourth-order valence-corrected chi connectivity index (χ4v) is 19.6. The molecule has 0 amide bonds. The summed E-state index contributed by atoms with van der Waals surface area (Å²) in [5.74, 6) is -0.391. The molecule has 6 atom stereocenters. The number of esters is 1. The highest BCUT2D eigenvalue weighted by atomic mass is 127. The van der Waals surface area contributed by atoms with Gasteiger partial charge in [-0.05, 0) is 125 Å². The number of ether oxygens (including phenoxy) is 1. The Balaban J connectivity index is 2.99. The van der Waals surface area contributed by atoms with Crippen LogP contribution in [0.5, 0.6) is 0 Å². The molecule has 0 saturated heterocycles. The number of halogens is 1. The Labute approximate surface area is 446 Å². The van der Waals surface area contributed by atoms with Crippen molar-refractivity contribution in [1.29, 1.82) is 0 Å². The topological polar surface area (TPSA) is 80.3 Å². The minimum Gasteiger partial charge on any atom is -0.457 e. The lowest BCUT2D eigenvalue weighted by Crippen LogP contribution is -2.67. The molecule has 0 aliphatic heterocycles. The lowest BCUT2D eigenvalue weighted by molar-refractivity contribution is -0.148. The minimum atomic E-state index is -3.05. The number of hydrogen-bond acceptors (Lipinski definition) is 7. The Morgan fingerprint density at radius 1 is 0.686 bits per heavy atom. The monoisotopic (exact) mass is 1150 g/mol. The molecule has 0 spiro atoms. The van der Waals surface area contributed by atoms with Crippen molar-refractivity contribution in [2.45, 2.75) is 227 Å². The van der Waals surface area contributed by atoms with Gasteiger partial charge in [-0.2, -0.15) is 0 Å². The molecule has 0 heterocycles. The summed E-state index contributed by atoms with van der Waals surface area (Å²) in [6.45, 7) is 48.5. The Morgan fingerprint density at radius 3 is 1.60 bits per heavy atom. The number of hydrogen-bond donors (Lipinski definition) is 0. The number of Topliss-reactive ketones (excluding diaryl/α,β-unsaturated/α-hetero) is 1. The third kappa shape index (κ3) is 17.7. The van der Waals surface area contributed by atoms with E-state index in [0.29, 0.717) is 18.4 Å². The number of carbonyl (C=O) groups excluding carboxylic acids is 2. The smallest absolute Gasteiger partial charge is 0.333 e. The van der Waals surface area contributed by atoms with Gasteiger partial charge in [0.05, 0.1) is 18.8 Å². The third-order valence-electron chi connectivity index (χ3n) is 15.9. The fourth-order valence-electron chi connectivity index (χ4n) is 8.80. The van der Waals surface area contributed by atoms with E-state index in [2.05, 4.69) is 212 Å². The van der Waals surface area contributed by atoms with Crippen molar-refractivity contribution in [1.82, 2.24) is 0 Å². The average Bonchev–Trinajstić information content (AvgIpc) is 3.28. The van der Waals surface area contributed by atoms with Crippen LogP contribution < -0.4 is 10.4 Å². The van der Waals surface area contributed by atoms with Crippen LogP contribution in [-0.4, -0.2) is 76.0 Å². The standard InChI is InChI=1S/C58H99IO7Si4/c1-22-26-29-34-44(5)55(61)63-49(43-62-70(58(15,16)17,50-35-30-27-31-36-50)51-37-32-28-33-38-51)40-46(7)53(65-68(20,21)57(12,13)14)54(66-69(23-2,24-3)25-4)52(60)41-48(39-45(6)47(8)42-59)64-67(18,19)56(9,10)11/h22,27-28,30-38,42,45-46,48-49,53-54H,1,23-26,29,39-41,43H2,2-21H3/b44-34+,47-42+/t45-,46+,48-,49+,53-,54-/m0/s1.